The molecule has 3 fully saturated rings. The van der Waals surface area contributed by atoms with E-state index in [1.54, 1.807) is 0 Å². The van der Waals surface area contributed by atoms with Gasteiger partial charge in [-0.25, -0.2) is 0 Å². The summed E-state index contributed by atoms with van der Waals surface area (Å²) in [6.45, 7) is 3.27. The quantitative estimate of drug-likeness (QED) is 0.689. The van der Waals surface area contributed by atoms with Gasteiger partial charge >= 0.3 is 0 Å². The maximum Gasteiger partial charge on any atom is 0.169 e. The summed E-state index contributed by atoms with van der Waals surface area (Å²) >= 11 is 0. The van der Waals surface area contributed by atoms with Gasteiger partial charge in [-0.2, -0.15) is 0 Å². The van der Waals surface area contributed by atoms with Crippen molar-refractivity contribution >= 4 is 0 Å². The van der Waals surface area contributed by atoms with E-state index in [-0.39, 0.29) is 5.79 Å². The normalized spacial score (nSPS) is 41.3. The lowest BCUT2D eigenvalue weighted by Gasteiger charge is -2.38. The molecule has 3 saturated heterocycles. The van der Waals surface area contributed by atoms with Gasteiger partial charge in [-0.05, 0) is 25.2 Å². The van der Waals surface area contributed by atoms with E-state index in [0.29, 0.717) is 12.0 Å². The first-order valence-electron chi connectivity index (χ1n) is 9.65. The number of ether oxygens (including phenoxy) is 2. The zero-order valence-electron chi connectivity index (χ0n) is 13.9. The Kier molecular flexibility index (Phi) is 5.61. The highest BCUT2D eigenvalue weighted by molar-refractivity contribution is 4.95. The Morgan fingerprint density at radius 1 is 1.00 bits per heavy atom. The second-order valence-electron chi connectivity index (χ2n) is 7.68. The Morgan fingerprint density at radius 3 is 2.57 bits per heavy atom. The van der Waals surface area contributed by atoms with Crippen molar-refractivity contribution < 1.29 is 9.47 Å². The lowest BCUT2D eigenvalue weighted by Crippen LogP contribution is -2.42. The molecule has 3 bridgehead atoms. The summed E-state index contributed by atoms with van der Waals surface area (Å²) in [5, 5.41) is 0. The monoisotopic (exact) mass is 294 g/mol. The third-order valence-electron chi connectivity index (χ3n) is 5.97. The van der Waals surface area contributed by atoms with Crippen LogP contribution in [0.3, 0.4) is 0 Å². The average molecular weight is 294 g/mol. The minimum Gasteiger partial charge on any atom is -0.350 e. The van der Waals surface area contributed by atoms with Gasteiger partial charge in [0.1, 0.15) is 0 Å². The van der Waals surface area contributed by atoms with E-state index < -0.39 is 0 Å². The second kappa shape index (κ2) is 7.46. The zero-order valence-corrected chi connectivity index (χ0v) is 13.9. The molecule has 21 heavy (non-hydrogen) atoms. The molecule has 122 valence electrons. The van der Waals surface area contributed by atoms with Crippen molar-refractivity contribution in [1.82, 2.24) is 0 Å². The number of rotatable bonds is 3. The van der Waals surface area contributed by atoms with E-state index in [9.17, 15) is 0 Å². The summed E-state index contributed by atoms with van der Waals surface area (Å²) in [6.07, 6.45) is 17.9. The highest BCUT2D eigenvalue weighted by Gasteiger charge is 2.52. The predicted molar refractivity (Wildman–Crippen MR) is 86.2 cm³/mol. The molecule has 3 rings (SSSR count). The summed E-state index contributed by atoms with van der Waals surface area (Å²) in [5.41, 5.74) is 0. The SMILES string of the molecule is CCCC[C@H]1C[C@@]23CCCCCCCCC[C@H](CO2)[C@@H]1O3. The highest BCUT2D eigenvalue weighted by Crippen LogP contribution is 2.49. The molecular formula is C19H34O2. The topological polar surface area (TPSA) is 18.5 Å². The maximum absolute atomic E-state index is 6.55. The van der Waals surface area contributed by atoms with Gasteiger partial charge in [0.05, 0.1) is 12.7 Å². The van der Waals surface area contributed by atoms with Gasteiger partial charge in [0.15, 0.2) is 5.79 Å². The summed E-state index contributed by atoms with van der Waals surface area (Å²) in [5.74, 6) is 1.25. The Bertz CT molecular complexity index is 313. The minimum atomic E-state index is -0.187. The van der Waals surface area contributed by atoms with Gasteiger partial charge < -0.3 is 9.47 Å². The minimum absolute atomic E-state index is 0.187. The molecule has 3 heterocycles. The number of unbranched alkanes of at least 4 members (excludes halogenated alkanes) is 1. The van der Waals surface area contributed by atoms with Crippen molar-refractivity contribution in [1.29, 1.82) is 0 Å². The van der Waals surface area contributed by atoms with E-state index in [1.807, 2.05) is 0 Å². The maximum atomic E-state index is 6.55. The van der Waals surface area contributed by atoms with Crippen LogP contribution in [0.2, 0.25) is 0 Å². The van der Waals surface area contributed by atoms with E-state index in [2.05, 4.69) is 6.92 Å². The molecule has 0 unspecified atom stereocenters. The zero-order chi connectivity index (χ0) is 14.5. The van der Waals surface area contributed by atoms with E-state index >= 15 is 0 Å². The van der Waals surface area contributed by atoms with Crippen molar-refractivity contribution in [3.05, 3.63) is 0 Å². The van der Waals surface area contributed by atoms with Crippen molar-refractivity contribution in [2.24, 2.45) is 11.8 Å². The lowest BCUT2D eigenvalue weighted by molar-refractivity contribution is -0.282. The summed E-state index contributed by atoms with van der Waals surface area (Å²) in [6, 6.07) is 0. The summed E-state index contributed by atoms with van der Waals surface area (Å²) < 4.78 is 12.9. The molecule has 0 saturated carbocycles. The molecule has 0 radical (unpaired) electrons. The Hall–Kier alpha value is -0.0800. The van der Waals surface area contributed by atoms with Gasteiger partial charge in [0.25, 0.3) is 0 Å². The molecule has 0 aromatic rings. The first-order valence-corrected chi connectivity index (χ1v) is 9.65. The largest absolute Gasteiger partial charge is 0.350 e. The fourth-order valence-corrected chi connectivity index (χ4v) is 4.73. The fraction of sp³-hybridized carbons (Fsp3) is 1.00. The molecule has 0 aromatic carbocycles. The van der Waals surface area contributed by atoms with Gasteiger partial charge in [-0.1, -0.05) is 58.3 Å². The molecule has 2 heteroatoms. The predicted octanol–water partition coefficient (Wildman–Crippen LogP) is 5.45. The third-order valence-corrected chi connectivity index (χ3v) is 5.97. The van der Waals surface area contributed by atoms with Crippen LogP contribution in [0, 0.1) is 11.8 Å². The molecular weight excluding hydrogens is 260 g/mol. The average Bonchev–Trinajstić information content (AvgIpc) is 2.80. The Balaban J connectivity index is 1.68. The van der Waals surface area contributed by atoms with Crippen LogP contribution >= 0.6 is 0 Å². The van der Waals surface area contributed by atoms with E-state index in [1.165, 1.54) is 77.0 Å². The molecule has 0 amide bonds. The molecule has 4 atom stereocenters. The van der Waals surface area contributed by atoms with E-state index in [4.69, 9.17) is 9.47 Å². The van der Waals surface area contributed by atoms with Crippen molar-refractivity contribution in [3.8, 4) is 0 Å². The third kappa shape index (κ3) is 3.82. The van der Waals surface area contributed by atoms with Crippen molar-refractivity contribution in [2.45, 2.75) is 102 Å². The molecule has 2 nitrogen and oxygen atoms in total. The first-order chi connectivity index (χ1) is 10.3. The first kappa shape index (κ1) is 15.8. The van der Waals surface area contributed by atoms with Gasteiger partial charge in [0, 0.05) is 18.8 Å². The number of hydrogen-bond donors (Lipinski definition) is 0. The van der Waals surface area contributed by atoms with Crippen molar-refractivity contribution in [3.63, 3.8) is 0 Å². The van der Waals surface area contributed by atoms with Crippen LogP contribution in [0.1, 0.15) is 90.4 Å². The summed E-state index contributed by atoms with van der Waals surface area (Å²) in [7, 11) is 0. The number of fused-ring (bicyclic) bond motifs is 4. The van der Waals surface area contributed by atoms with Crippen LogP contribution in [-0.2, 0) is 9.47 Å². The van der Waals surface area contributed by atoms with Crippen LogP contribution in [-0.4, -0.2) is 18.5 Å². The van der Waals surface area contributed by atoms with Crippen molar-refractivity contribution in [2.75, 3.05) is 6.61 Å². The smallest absolute Gasteiger partial charge is 0.169 e. The molecule has 0 aliphatic carbocycles. The Morgan fingerprint density at radius 2 is 1.76 bits per heavy atom. The van der Waals surface area contributed by atoms with Gasteiger partial charge in [0.2, 0.25) is 0 Å². The van der Waals surface area contributed by atoms with Gasteiger partial charge in [-0.3, -0.25) is 0 Å². The molecule has 1 spiro atoms. The van der Waals surface area contributed by atoms with E-state index in [0.717, 1.165) is 18.9 Å². The van der Waals surface area contributed by atoms with Crippen LogP contribution in [0.5, 0.6) is 0 Å². The Labute approximate surface area is 131 Å². The molecule has 0 aromatic heterocycles. The molecule has 0 N–H and O–H groups in total. The molecule has 3 aliphatic rings. The van der Waals surface area contributed by atoms with Crippen LogP contribution in [0.25, 0.3) is 0 Å². The van der Waals surface area contributed by atoms with Crippen LogP contribution in [0.4, 0.5) is 0 Å². The summed E-state index contributed by atoms with van der Waals surface area (Å²) in [4.78, 5) is 0. The van der Waals surface area contributed by atoms with Crippen LogP contribution in [0.15, 0.2) is 0 Å². The number of hydrogen-bond acceptors (Lipinski definition) is 2. The standard InChI is InChI=1S/C19H34O2/c1-2-3-11-16-14-19-13-10-8-6-4-5-7-9-12-17(15-20-19)18(16)21-19/h16-18H,2-15H2,1H3/t16-,17+,18+,19-/m0/s1. The van der Waals surface area contributed by atoms with Crippen LogP contribution < -0.4 is 0 Å². The molecule has 3 aliphatic heterocycles. The lowest BCUT2D eigenvalue weighted by atomic mass is 9.84. The van der Waals surface area contributed by atoms with Gasteiger partial charge in [-0.15, -0.1) is 0 Å². The fourth-order valence-electron chi connectivity index (χ4n) is 4.73. The highest BCUT2D eigenvalue weighted by atomic mass is 16.7. The second-order valence-corrected chi connectivity index (χ2v) is 7.68.